The van der Waals surface area contributed by atoms with Gasteiger partial charge < -0.3 is 15.3 Å². The molecule has 8 heteroatoms. The lowest BCUT2D eigenvalue weighted by molar-refractivity contribution is -0.130. The maximum absolute atomic E-state index is 12.4. The van der Waals surface area contributed by atoms with Crippen LogP contribution >= 0.6 is 0 Å². The number of likely N-dealkylation sites (tertiary alicyclic amines) is 1. The Hall–Kier alpha value is -3.16. The normalized spacial score (nSPS) is 16.8. The van der Waals surface area contributed by atoms with Crippen LogP contribution in [0.2, 0.25) is 0 Å². The molecule has 2 N–H and O–H groups in total. The Bertz CT molecular complexity index is 886. The second kappa shape index (κ2) is 7.22. The van der Waals surface area contributed by atoms with Crippen molar-refractivity contribution in [2.24, 2.45) is 0 Å². The van der Waals surface area contributed by atoms with E-state index in [2.05, 4.69) is 10.4 Å². The molecule has 0 unspecified atom stereocenters. The van der Waals surface area contributed by atoms with Crippen LogP contribution in [0.15, 0.2) is 30.5 Å². The first-order chi connectivity index (χ1) is 12.8. The SMILES string of the molecule is Cc1c(C(=O)O)cnn1-c1ccc(C(=O)N[C@H]2CCN(C(C)C)C2=O)cc1. The van der Waals surface area contributed by atoms with Gasteiger partial charge in [-0.05, 0) is 51.5 Å². The van der Waals surface area contributed by atoms with E-state index in [9.17, 15) is 14.4 Å². The number of carboxylic acid groups (broad SMARTS) is 1. The maximum atomic E-state index is 12.4. The number of aromatic carboxylic acids is 1. The molecule has 2 amide bonds. The van der Waals surface area contributed by atoms with Gasteiger partial charge in [-0.25, -0.2) is 9.48 Å². The minimum Gasteiger partial charge on any atom is -0.478 e. The molecule has 1 aromatic heterocycles. The fraction of sp³-hybridized carbons (Fsp3) is 0.368. The molecule has 8 nitrogen and oxygen atoms in total. The molecule has 1 aromatic carbocycles. The topological polar surface area (TPSA) is 105 Å². The van der Waals surface area contributed by atoms with Crippen molar-refractivity contribution in [3.63, 3.8) is 0 Å². The van der Waals surface area contributed by atoms with Crippen LogP contribution in [0, 0.1) is 6.92 Å². The van der Waals surface area contributed by atoms with Crippen molar-refractivity contribution in [3.8, 4) is 5.69 Å². The number of aromatic nitrogens is 2. The van der Waals surface area contributed by atoms with E-state index in [1.807, 2.05) is 13.8 Å². The molecule has 1 aliphatic heterocycles. The number of nitrogens with zero attached hydrogens (tertiary/aromatic N) is 3. The predicted molar refractivity (Wildman–Crippen MR) is 98.0 cm³/mol. The summed E-state index contributed by atoms with van der Waals surface area (Å²) >= 11 is 0. The summed E-state index contributed by atoms with van der Waals surface area (Å²) in [6.07, 6.45) is 1.90. The summed E-state index contributed by atoms with van der Waals surface area (Å²) in [6.45, 7) is 6.22. The lowest BCUT2D eigenvalue weighted by Gasteiger charge is -2.21. The zero-order valence-corrected chi connectivity index (χ0v) is 15.5. The van der Waals surface area contributed by atoms with Crippen molar-refractivity contribution >= 4 is 17.8 Å². The number of nitrogens with one attached hydrogen (secondary N) is 1. The van der Waals surface area contributed by atoms with Crippen LogP contribution in [0.4, 0.5) is 0 Å². The van der Waals surface area contributed by atoms with Crippen LogP contribution in [0.3, 0.4) is 0 Å². The summed E-state index contributed by atoms with van der Waals surface area (Å²) in [6, 6.07) is 6.27. The van der Waals surface area contributed by atoms with Gasteiger partial charge >= 0.3 is 5.97 Å². The fourth-order valence-electron chi connectivity index (χ4n) is 3.22. The highest BCUT2D eigenvalue weighted by Crippen LogP contribution is 2.17. The molecule has 142 valence electrons. The fourth-order valence-corrected chi connectivity index (χ4v) is 3.22. The van der Waals surface area contributed by atoms with Crippen molar-refractivity contribution < 1.29 is 19.5 Å². The minimum absolute atomic E-state index is 0.0525. The summed E-state index contributed by atoms with van der Waals surface area (Å²) in [5, 5.41) is 16.0. The molecule has 0 saturated carbocycles. The smallest absolute Gasteiger partial charge is 0.339 e. The van der Waals surface area contributed by atoms with Gasteiger partial charge in [0.2, 0.25) is 5.91 Å². The van der Waals surface area contributed by atoms with Gasteiger partial charge in [0.1, 0.15) is 11.6 Å². The molecule has 3 rings (SSSR count). The highest BCUT2D eigenvalue weighted by molar-refractivity contribution is 5.98. The highest BCUT2D eigenvalue weighted by Gasteiger charge is 2.34. The highest BCUT2D eigenvalue weighted by atomic mass is 16.4. The van der Waals surface area contributed by atoms with E-state index in [0.717, 1.165) is 0 Å². The molecule has 0 bridgehead atoms. The van der Waals surface area contributed by atoms with E-state index in [4.69, 9.17) is 5.11 Å². The van der Waals surface area contributed by atoms with Crippen LogP contribution in [0.5, 0.6) is 0 Å². The van der Waals surface area contributed by atoms with Crippen molar-refractivity contribution in [2.45, 2.75) is 39.3 Å². The third kappa shape index (κ3) is 3.55. The predicted octanol–water partition coefficient (Wildman–Crippen LogP) is 1.62. The van der Waals surface area contributed by atoms with E-state index >= 15 is 0 Å². The van der Waals surface area contributed by atoms with Crippen LogP contribution in [0.25, 0.3) is 5.69 Å². The molecular formula is C19H22N4O4. The number of amides is 2. The number of carbonyl (C=O) groups excluding carboxylic acids is 2. The molecule has 27 heavy (non-hydrogen) atoms. The van der Waals surface area contributed by atoms with Crippen LogP contribution in [-0.4, -0.2) is 56.2 Å². The van der Waals surface area contributed by atoms with E-state index < -0.39 is 12.0 Å². The molecule has 0 aliphatic carbocycles. The number of hydrogen-bond acceptors (Lipinski definition) is 4. The first-order valence-electron chi connectivity index (χ1n) is 8.79. The van der Waals surface area contributed by atoms with Gasteiger partial charge in [0.05, 0.1) is 17.6 Å². The van der Waals surface area contributed by atoms with E-state index in [-0.39, 0.29) is 23.4 Å². The molecule has 0 radical (unpaired) electrons. The Morgan fingerprint density at radius 2 is 1.93 bits per heavy atom. The molecule has 1 fully saturated rings. The molecule has 1 saturated heterocycles. The second-order valence-electron chi connectivity index (χ2n) is 6.85. The van der Waals surface area contributed by atoms with Crippen molar-refractivity contribution in [1.82, 2.24) is 20.0 Å². The zero-order valence-electron chi connectivity index (χ0n) is 15.5. The molecule has 2 heterocycles. The van der Waals surface area contributed by atoms with Crippen molar-refractivity contribution in [2.75, 3.05) is 6.54 Å². The first kappa shape index (κ1) is 18.6. The minimum atomic E-state index is -1.04. The molecule has 2 aromatic rings. The van der Waals surface area contributed by atoms with Crippen molar-refractivity contribution in [3.05, 3.63) is 47.3 Å². The lowest BCUT2D eigenvalue weighted by Crippen LogP contribution is -2.43. The van der Waals surface area contributed by atoms with Gasteiger partial charge in [0.25, 0.3) is 5.91 Å². The monoisotopic (exact) mass is 370 g/mol. The first-order valence-corrected chi connectivity index (χ1v) is 8.79. The summed E-state index contributed by atoms with van der Waals surface area (Å²) in [7, 11) is 0. The largest absolute Gasteiger partial charge is 0.478 e. The van der Waals surface area contributed by atoms with Gasteiger partial charge in [-0.1, -0.05) is 0 Å². The Balaban J connectivity index is 1.71. The standard InChI is InChI=1S/C19H22N4O4/c1-11(2)22-9-8-16(18(22)25)21-17(24)13-4-6-14(7-5-13)23-12(3)15(10-20-23)19(26)27/h4-7,10-11,16H,8-9H2,1-3H3,(H,21,24)(H,26,27)/t16-/m0/s1. The Morgan fingerprint density at radius 1 is 1.26 bits per heavy atom. The van der Waals surface area contributed by atoms with Crippen LogP contribution in [0.1, 0.15) is 46.7 Å². The van der Waals surface area contributed by atoms with Gasteiger partial charge in [-0.3, -0.25) is 9.59 Å². The third-order valence-electron chi connectivity index (χ3n) is 4.78. The summed E-state index contributed by atoms with van der Waals surface area (Å²) in [5.41, 5.74) is 1.72. The Morgan fingerprint density at radius 3 is 2.44 bits per heavy atom. The number of carboxylic acids is 1. The molecule has 1 atom stereocenters. The van der Waals surface area contributed by atoms with E-state index in [0.29, 0.717) is 29.9 Å². The molecule has 0 spiro atoms. The van der Waals surface area contributed by atoms with Crippen molar-refractivity contribution in [1.29, 1.82) is 0 Å². The molecular weight excluding hydrogens is 348 g/mol. The van der Waals surface area contributed by atoms with E-state index in [1.165, 1.54) is 10.9 Å². The van der Waals surface area contributed by atoms with Gasteiger partial charge in [0.15, 0.2) is 0 Å². The number of rotatable bonds is 5. The number of hydrogen-bond donors (Lipinski definition) is 2. The lowest BCUT2D eigenvalue weighted by atomic mass is 10.1. The van der Waals surface area contributed by atoms with E-state index in [1.54, 1.807) is 36.1 Å². The van der Waals surface area contributed by atoms with Crippen LogP contribution < -0.4 is 5.32 Å². The van der Waals surface area contributed by atoms with Crippen LogP contribution in [-0.2, 0) is 4.79 Å². The Labute approximate surface area is 156 Å². The summed E-state index contributed by atoms with van der Waals surface area (Å²) in [4.78, 5) is 37.6. The molecule has 1 aliphatic rings. The average Bonchev–Trinajstić information content (AvgIpc) is 3.18. The Kier molecular flexibility index (Phi) is 4.98. The summed E-state index contributed by atoms with van der Waals surface area (Å²) in [5.74, 6) is -1.40. The number of carbonyl (C=O) groups is 3. The number of benzene rings is 1. The second-order valence-corrected chi connectivity index (χ2v) is 6.85. The third-order valence-corrected chi connectivity index (χ3v) is 4.78. The summed E-state index contributed by atoms with van der Waals surface area (Å²) < 4.78 is 1.51. The van der Waals surface area contributed by atoms with Gasteiger partial charge in [-0.2, -0.15) is 5.10 Å². The van der Waals surface area contributed by atoms with Gasteiger partial charge in [-0.15, -0.1) is 0 Å². The maximum Gasteiger partial charge on any atom is 0.339 e. The quantitative estimate of drug-likeness (QED) is 0.832. The zero-order chi connectivity index (χ0) is 19.7. The average molecular weight is 370 g/mol. The van der Waals surface area contributed by atoms with Gasteiger partial charge in [0, 0.05) is 18.2 Å².